The lowest BCUT2D eigenvalue weighted by atomic mass is 10.1. The molecule has 1 saturated carbocycles. The summed E-state index contributed by atoms with van der Waals surface area (Å²) >= 11 is 0. The number of rotatable bonds is 4. The lowest BCUT2D eigenvalue weighted by molar-refractivity contribution is 0.102. The fourth-order valence-electron chi connectivity index (χ4n) is 3.04. The quantitative estimate of drug-likeness (QED) is 0.764. The minimum absolute atomic E-state index is 0.00624. The second kappa shape index (κ2) is 6.46. The molecule has 2 heterocycles. The Bertz CT molecular complexity index is 1110. The second-order valence-electron chi connectivity index (χ2n) is 6.28. The number of methoxy groups -OCH3 is 1. The van der Waals surface area contributed by atoms with Gasteiger partial charge in [-0.15, -0.1) is 0 Å². The summed E-state index contributed by atoms with van der Waals surface area (Å²) in [4.78, 5) is 29.5. The molecule has 6 nitrogen and oxygen atoms in total. The van der Waals surface area contributed by atoms with Gasteiger partial charge in [0.1, 0.15) is 11.4 Å². The third-order valence-electron chi connectivity index (χ3n) is 4.46. The van der Waals surface area contributed by atoms with Crippen LogP contribution in [0.5, 0.6) is 5.75 Å². The van der Waals surface area contributed by atoms with E-state index in [4.69, 9.17) is 4.74 Å². The molecule has 2 aromatic heterocycles. The number of hydrogen-bond acceptors (Lipinski definition) is 4. The first kappa shape index (κ1) is 17.1. The normalized spacial score (nSPS) is 13.6. The van der Waals surface area contributed by atoms with Crippen LogP contribution in [0.1, 0.15) is 29.2 Å². The van der Waals surface area contributed by atoms with Crippen molar-refractivity contribution in [2.75, 3.05) is 12.4 Å². The molecule has 1 aliphatic carbocycles. The van der Waals surface area contributed by atoms with E-state index >= 15 is 0 Å². The van der Waals surface area contributed by atoms with Gasteiger partial charge in [0.2, 0.25) is 11.2 Å². The van der Waals surface area contributed by atoms with Crippen LogP contribution >= 0.6 is 0 Å². The Morgan fingerprint density at radius 2 is 2.11 bits per heavy atom. The molecule has 1 fully saturated rings. The van der Waals surface area contributed by atoms with Crippen molar-refractivity contribution in [3.05, 3.63) is 64.1 Å². The van der Waals surface area contributed by atoms with E-state index in [1.54, 1.807) is 22.8 Å². The summed E-state index contributed by atoms with van der Waals surface area (Å²) < 4.78 is 34.8. The van der Waals surface area contributed by atoms with E-state index in [9.17, 15) is 18.4 Å². The highest BCUT2D eigenvalue weighted by molar-refractivity contribution is 6.05. The molecular formula is C19H15F2N3O3. The molecule has 0 saturated heterocycles. The Labute approximate surface area is 152 Å². The Morgan fingerprint density at radius 1 is 1.33 bits per heavy atom. The van der Waals surface area contributed by atoms with Crippen molar-refractivity contribution in [3.63, 3.8) is 0 Å². The number of fused-ring (bicyclic) bond motifs is 1. The number of hydrogen-bond donors (Lipinski definition) is 1. The highest BCUT2D eigenvalue weighted by Crippen LogP contribution is 2.40. The molecule has 8 heteroatoms. The Kier molecular flexibility index (Phi) is 4.10. The summed E-state index contributed by atoms with van der Waals surface area (Å²) in [5.74, 6) is -3.10. The van der Waals surface area contributed by atoms with Crippen LogP contribution in [0.2, 0.25) is 0 Å². The number of amides is 1. The van der Waals surface area contributed by atoms with Crippen molar-refractivity contribution < 1.29 is 18.3 Å². The number of benzene rings is 1. The van der Waals surface area contributed by atoms with E-state index < -0.39 is 23.0 Å². The van der Waals surface area contributed by atoms with Gasteiger partial charge in [-0.25, -0.2) is 9.37 Å². The second-order valence-corrected chi connectivity index (χ2v) is 6.28. The number of ether oxygens (including phenoxy) is 1. The molecule has 0 spiro atoms. The smallest absolute Gasteiger partial charge is 0.262 e. The number of nitrogens with zero attached hydrogens (tertiary/aromatic N) is 2. The third-order valence-corrected chi connectivity index (χ3v) is 4.46. The van der Waals surface area contributed by atoms with E-state index in [2.05, 4.69) is 10.3 Å². The van der Waals surface area contributed by atoms with Crippen molar-refractivity contribution in [1.29, 1.82) is 0 Å². The number of halogens is 2. The Balaban J connectivity index is 1.93. The van der Waals surface area contributed by atoms with Gasteiger partial charge in [-0.2, -0.15) is 4.39 Å². The van der Waals surface area contributed by atoms with E-state index in [0.29, 0.717) is 0 Å². The average molecular weight is 371 g/mol. The fraction of sp³-hybridized carbons (Fsp3) is 0.211. The van der Waals surface area contributed by atoms with Crippen LogP contribution < -0.4 is 15.5 Å². The average Bonchev–Trinajstić information content (AvgIpc) is 3.50. The first-order valence-electron chi connectivity index (χ1n) is 8.34. The molecule has 0 bridgehead atoms. The summed E-state index contributed by atoms with van der Waals surface area (Å²) in [5, 5.41) is 2.44. The van der Waals surface area contributed by atoms with Gasteiger partial charge in [-0.1, -0.05) is 6.07 Å². The van der Waals surface area contributed by atoms with E-state index in [0.717, 1.165) is 18.9 Å². The zero-order valence-electron chi connectivity index (χ0n) is 14.3. The predicted octanol–water partition coefficient (Wildman–Crippen LogP) is 3.27. The fourth-order valence-corrected chi connectivity index (χ4v) is 3.04. The van der Waals surface area contributed by atoms with Crippen LogP contribution in [0.3, 0.4) is 0 Å². The zero-order valence-corrected chi connectivity index (χ0v) is 14.3. The molecule has 0 radical (unpaired) electrons. The first-order valence-corrected chi connectivity index (χ1v) is 8.34. The van der Waals surface area contributed by atoms with Crippen LogP contribution in [-0.4, -0.2) is 22.6 Å². The standard InChI is InChI=1S/C19H15F2N3O3/c1-27-18-15(21)13(20)8-11-16(18)24(10-5-6-10)9-12(17(11)25)19(26)23-14-4-2-3-7-22-14/h2-4,7-10H,5-6H2,1H3,(H,22,23,26). The van der Waals surface area contributed by atoms with Crippen molar-refractivity contribution in [1.82, 2.24) is 9.55 Å². The van der Waals surface area contributed by atoms with Crippen molar-refractivity contribution in [2.24, 2.45) is 0 Å². The van der Waals surface area contributed by atoms with E-state index in [1.165, 1.54) is 19.5 Å². The van der Waals surface area contributed by atoms with Crippen molar-refractivity contribution in [3.8, 4) is 5.75 Å². The molecular weight excluding hydrogens is 356 g/mol. The summed E-state index contributed by atoms with van der Waals surface area (Å²) in [6.07, 6.45) is 4.49. The maximum Gasteiger partial charge on any atom is 0.262 e. The molecule has 0 unspecified atom stereocenters. The SMILES string of the molecule is COc1c(F)c(F)cc2c(=O)c(C(=O)Nc3ccccn3)cn(C3CC3)c12. The van der Waals surface area contributed by atoms with Gasteiger partial charge < -0.3 is 14.6 Å². The van der Waals surface area contributed by atoms with Gasteiger partial charge in [0, 0.05) is 18.4 Å². The molecule has 0 aliphatic heterocycles. The molecule has 1 aliphatic rings. The lowest BCUT2D eigenvalue weighted by Gasteiger charge is -2.16. The van der Waals surface area contributed by atoms with Gasteiger partial charge in [0.25, 0.3) is 5.91 Å². The first-order chi connectivity index (χ1) is 13.0. The van der Waals surface area contributed by atoms with Gasteiger partial charge in [0.05, 0.1) is 18.0 Å². The minimum atomic E-state index is -1.21. The Morgan fingerprint density at radius 3 is 2.74 bits per heavy atom. The van der Waals surface area contributed by atoms with Gasteiger partial charge in [-0.3, -0.25) is 9.59 Å². The number of anilines is 1. The Hall–Kier alpha value is -3.29. The maximum atomic E-state index is 14.2. The molecule has 4 rings (SSSR count). The highest BCUT2D eigenvalue weighted by atomic mass is 19.2. The van der Waals surface area contributed by atoms with E-state index in [-0.39, 0.29) is 34.1 Å². The number of carbonyl (C=O) groups is 1. The maximum absolute atomic E-state index is 14.2. The molecule has 3 aromatic rings. The van der Waals surface area contributed by atoms with Crippen LogP contribution in [-0.2, 0) is 0 Å². The van der Waals surface area contributed by atoms with E-state index in [1.807, 2.05) is 0 Å². The topological polar surface area (TPSA) is 73.2 Å². The van der Waals surface area contributed by atoms with Gasteiger partial charge in [-0.05, 0) is 31.0 Å². The molecule has 138 valence electrons. The molecule has 1 aromatic carbocycles. The van der Waals surface area contributed by atoms with Gasteiger partial charge >= 0.3 is 0 Å². The zero-order chi connectivity index (χ0) is 19.1. The molecule has 1 amide bonds. The van der Waals surface area contributed by atoms with Crippen molar-refractivity contribution >= 4 is 22.6 Å². The minimum Gasteiger partial charge on any atom is -0.491 e. The number of carbonyl (C=O) groups excluding carboxylic acids is 1. The summed E-state index contributed by atoms with van der Waals surface area (Å²) in [7, 11) is 1.21. The molecule has 1 N–H and O–H groups in total. The largest absolute Gasteiger partial charge is 0.491 e. The van der Waals surface area contributed by atoms with Gasteiger partial charge in [0.15, 0.2) is 11.6 Å². The summed E-state index contributed by atoms with van der Waals surface area (Å²) in [6.45, 7) is 0. The monoisotopic (exact) mass is 371 g/mol. The molecule has 0 atom stereocenters. The lowest BCUT2D eigenvalue weighted by Crippen LogP contribution is -2.24. The van der Waals surface area contributed by atoms with Crippen LogP contribution in [0.15, 0.2) is 41.5 Å². The predicted molar refractivity (Wildman–Crippen MR) is 95.1 cm³/mol. The van der Waals surface area contributed by atoms with Crippen LogP contribution in [0, 0.1) is 11.6 Å². The van der Waals surface area contributed by atoms with Crippen LogP contribution in [0.4, 0.5) is 14.6 Å². The van der Waals surface area contributed by atoms with Crippen molar-refractivity contribution in [2.45, 2.75) is 18.9 Å². The van der Waals surface area contributed by atoms with Crippen LogP contribution in [0.25, 0.3) is 10.9 Å². The highest BCUT2D eigenvalue weighted by Gasteiger charge is 2.30. The summed E-state index contributed by atoms with van der Waals surface area (Å²) in [5.41, 5.74) is -0.723. The molecule has 27 heavy (non-hydrogen) atoms. The summed E-state index contributed by atoms with van der Waals surface area (Å²) in [6, 6.07) is 5.76. The third kappa shape index (κ3) is 2.92. The number of aromatic nitrogens is 2. The number of pyridine rings is 2. The number of nitrogens with one attached hydrogen (secondary N) is 1.